The van der Waals surface area contributed by atoms with E-state index in [9.17, 15) is 13.5 Å². The molecule has 2 N–H and O–H groups in total. The monoisotopic (exact) mass is 311 g/mol. The first-order chi connectivity index (χ1) is 9.70. The second kappa shape index (κ2) is 6.07. The zero-order valence-electron chi connectivity index (χ0n) is 13.0. The van der Waals surface area contributed by atoms with E-state index in [0.29, 0.717) is 11.0 Å². The van der Waals surface area contributed by atoms with Crippen LogP contribution in [-0.2, 0) is 10.0 Å². The Hall–Kier alpha value is -0.910. The lowest BCUT2D eigenvalue weighted by Crippen LogP contribution is -2.39. The fraction of sp³-hybridized carbons (Fsp3) is 0.625. The van der Waals surface area contributed by atoms with E-state index in [1.54, 1.807) is 31.2 Å². The molecule has 1 unspecified atom stereocenters. The first kappa shape index (κ1) is 16.5. The van der Waals surface area contributed by atoms with Gasteiger partial charge in [-0.2, -0.15) is 0 Å². The van der Waals surface area contributed by atoms with Crippen LogP contribution in [0.15, 0.2) is 29.2 Å². The van der Waals surface area contributed by atoms with Gasteiger partial charge in [-0.25, -0.2) is 13.1 Å². The van der Waals surface area contributed by atoms with Crippen LogP contribution in [0.4, 0.5) is 0 Å². The number of sulfonamides is 1. The van der Waals surface area contributed by atoms with Gasteiger partial charge in [-0.1, -0.05) is 26.0 Å². The number of benzene rings is 1. The van der Waals surface area contributed by atoms with Gasteiger partial charge in [0.2, 0.25) is 10.0 Å². The molecule has 1 aliphatic carbocycles. The molecule has 0 amide bonds. The van der Waals surface area contributed by atoms with E-state index in [-0.39, 0.29) is 10.9 Å². The van der Waals surface area contributed by atoms with Crippen LogP contribution in [0.3, 0.4) is 0 Å². The van der Waals surface area contributed by atoms with Gasteiger partial charge in [0.15, 0.2) is 0 Å². The van der Waals surface area contributed by atoms with Crippen molar-refractivity contribution in [2.45, 2.75) is 63.5 Å². The Morgan fingerprint density at radius 3 is 2.19 bits per heavy atom. The standard InChI is InChI=1S/C16H25NO3S/c1-12(18)13-4-6-15(7-5-13)21(19,20)17-14-8-10-16(2,3)11-9-14/h4-7,12,14,17-18H,8-11H2,1-3H3. The molecule has 1 atom stereocenters. The van der Waals surface area contributed by atoms with Crippen molar-refractivity contribution in [1.82, 2.24) is 4.72 Å². The summed E-state index contributed by atoms with van der Waals surface area (Å²) in [4.78, 5) is 0.261. The second-order valence-corrected chi connectivity index (χ2v) is 8.52. The van der Waals surface area contributed by atoms with E-state index < -0.39 is 16.1 Å². The summed E-state index contributed by atoms with van der Waals surface area (Å²) >= 11 is 0. The van der Waals surface area contributed by atoms with E-state index in [4.69, 9.17) is 0 Å². The predicted molar refractivity (Wildman–Crippen MR) is 83.4 cm³/mol. The Bertz CT molecular complexity index is 566. The van der Waals surface area contributed by atoms with Crippen LogP contribution in [0.2, 0.25) is 0 Å². The maximum atomic E-state index is 12.4. The van der Waals surface area contributed by atoms with Gasteiger partial charge in [-0.15, -0.1) is 0 Å². The predicted octanol–water partition coefficient (Wildman–Crippen LogP) is 2.99. The molecule has 2 rings (SSSR count). The fourth-order valence-corrected chi connectivity index (χ4v) is 4.04. The van der Waals surface area contributed by atoms with Crippen LogP contribution in [-0.4, -0.2) is 19.6 Å². The molecular formula is C16H25NO3S. The Labute approximate surface area is 127 Å². The number of nitrogens with one attached hydrogen (secondary N) is 1. The maximum absolute atomic E-state index is 12.4. The Balaban J connectivity index is 2.05. The van der Waals surface area contributed by atoms with Gasteiger partial charge in [-0.05, 0) is 55.7 Å². The third-order valence-corrected chi connectivity index (χ3v) is 5.87. The minimum atomic E-state index is -3.47. The summed E-state index contributed by atoms with van der Waals surface area (Å²) < 4.78 is 27.5. The van der Waals surface area contributed by atoms with Gasteiger partial charge >= 0.3 is 0 Å². The molecule has 0 aliphatic heterocycles. The smallest absolute Gasteiger partial charge is 0.240 e. The van der Waals surface area contributed by atoms with Gasteiger partial charge in [0.1, 0.15) is 0 Å². The molecule has 0 saturated heterocycles. The quantitative estimate of drug-likeness (QED) is 0.898. The Morgan fingerprint density at radius 1 is 1.19 bits per heavy atom. The molecule has 1 saturated carbocycles. The summed E-state index contributed by atoms with van der Waals surface area (Å²) in [5, 5.41) is 9.46. The number of hydrogen-bond donors (Lipinski definition) is 2. The second-order valence-electron chi connectivity index (χ2n) is 6.80. The topological polar surface area (TPSA) is 66.4 Å². The molecule has 1 aromatic rings. The number of aliphatic hydroxyl groups excluding tert-OH is 1. The lowest BCUT2D eigenvalue weighted by atomic mass is 9.76. The summed E-state index contributed by atoms with van der Waals surface area (Å²) in [6.07, 6.45) is 3.27. The van der Waals surface area contributed by atoms with E-state index >= 15 is 0 Å². The van der Waals surface area contributed by atoms with Crippen molar-refractivity contribution in [3.05, 3.63) is 29.8 Å². The maximum Gasteiger partial charge on any atom is 0.240 e. The molecule has 0 heterocycles. The van der Waals surface area contributed by atoms with Crippen molar-refractivity contribution in [2.75, 3.05) is 0 Å². The molecule has 1 aliphatic rings. The van der Waals surface area contributed by atoms with Gasteiger partial charge in [-0.3, -0.25) is 0 Å². The molecular weight excluding hydrogens is 286 g/mol. The molecule has 1 aromatic carbocycles. The molecule has 1 fully saturated rings. The highest BCUT2D eigenvalue weighted by atomic mass is 32.2. The Morgan fingerprint density at radius 2 is 1.71 bits per heavy atom. The van der Waals surface area contributed by atoms with Gasteiger partial charge in [0.05, 0.1) is 11.0 Å². The normalized spacial score (nSPS) is 21.1. The van der Waals surface area contributed by atoms with Crippen molar-refractivity contribution in [2.24, 2.45) is 5.41 Å². The minimum absolute atomic E-state index is 0.0273. The van der Waals surface area contributed by atoms with Crippen LogP contribution in [0, 0.1) is 5.41 Å². The summed E-state index contributed by atoms with van der Waals surface area (Å²) in [5.74, 6) is 0. The van der Waals surface area contributed by atoms with Crippen LogP contribution in [0.25, 0.3) is 0 Å². The SMILES string of the molecule is CC(O)c1ccc(S(=O)(=O)NC2CCC(C)(C)CC2)cc1. The number of aliphatic hydroxyl groups is 1. The lowest BCUT2D eigenvalue weighted by molar-refractivity contribution is 0.199. The summed E-state index contributed by atoms with van der Waals surface area (Å²) in [6, 6.07) is 6.44. The highest BCUT2D eigenvalue weighted by molar-refractivity contribution is 7.89. The van der Waals surface area contributed by atoms with Crippen LogP contribution in [0.1, 0.15) is 58.1 Å². The van der Waals surface area contributed by atoms with Crippen molar-refractivity contribution in [3.63, 3.8) is 0 Å². The molecule has 118 valence electrons. The third-order valence-electron chi connectivity index (χ3n) is 4.33. The van der Waals surface area contributed by atoms with Crippen molar-refractivity contribution in [1.29, 1.82) is 0 Å². The largest absolute Gasteiger partial charge is 0.389 e. The molecule has 21 heavy (non-hydrogen) atoms. The zero-order chi connectivity index (χ0) is 15.7. The average Bonchev–Trinajstić information content (AvgIpc) is 2.41. The molecule has 0 radical (unpaired) electrons. The van der Waals surface area contributed by atoms with E-state index in [0.717, 1.165) is 25.7 Å². The van der Waals surface area contributed by atoms with Crippen molar-refractivity contribution in [3.8, 4) is 0 Å². The summed E-state index contributed by atoms with van der Waals surface area (Å²) in [7, 11) is -3.47. The van der Waals surface area contributed by atoms with Crippen LogP contribution >= 0.6 is 0 Å². The highest BCUT2D eigenvalue weighted by Gasteiger charge is 2.29. The third kappa shape index (κ3) is 4.28. The molecule has 5 heteroatoms. The van der Waals surface area contributed by atoms with Crippen LogP contribution in [0.5, 0.6) is 0 Å². The summed E-state index contributed by atoms with van der Waals surface area (Å²) in [6.45, 7) is 6.12. The first-order valence-electron chi connectivity index (χ1n) is 7.50. The molecule has 4 nitrogen and oxygen atoms in total. The zero-order valence-corrected chi connectivity index (χ0v) is 13.8. The molecule has 0 aromatic heterocycles. The van der Waals surface area contributed by atoms with Crippen molar-refractivity contribution >= 4 is 10.0 Å². The van der Waals surface area contributed by atoms with Gasteiger partial charge < -0.3 is 5.11 Å². The number of rotatable bonds is 4. The van der Waals surface area contributed by atoms with Crippen LogP contribution < -0.4 is 4.72 Å². The minimum Gasteiger partial charge on any atom is -0.389 e. The molecule has 0 bridgehead atoms. The Kier molecular flexibility index (Phi) is 4.76. The number of hydrogen-bond acceptors (Lipinski definition) is 3. The molecule has 0 spiro atoms. The van der Waals surface area contributed by atoms with Gasteiger partial charge in [0.25, 0.3) is 0 Å². The van der Waals surface area contributed by atoms with Crippen molar-refractivity contribution < 1.29 is 13.5 Å². The average molecular weight is 311 g/mol. The van der Waals surface area contributed by atoms with E-state index in [2.05, 4.69) is 18.6 Å². The van der Waals surface area contributed by atoms with E-state index in [1.807, 2.05) is 0 Å². The lowest BCUT2D eigenvalue weighted by Gasteiger charge is -2.34. The highest BCUT2D eigenvalue weighted by Crippen LogP contribution is 2.35. The first-order valence-corrected chi connectivity index (χ1v) is 8.98. The van der Waals surface area contributed by atoms with Gasteiger partial charge in [0, 0.05) is 6.04 Å². The summed E-state index contributed by atoms with van der Waals surface area (Å²) in [5.41, 5.74) is 1.04. The van der Waals surface area contributed by atoms with E-state index in [1.165, 1.54) is 0 Å². The fourth-order valence-electron chi connectivity index (χ4n) is 2.73.